The van der Waals surface area contributed by atoms with E-state index in [0.29, 0.717) is 16.7 Å². The van der Waals surface area contributed by atoms with Gasteiger partial charge in [0.15, 0.2) is 0 Å². The highest BCUT2D eigenvalue weighted by Crippen LogP contribution is 2.32. The fourth-order valence-electron chi connectivity index (χ4n) is 2.77. The lowest BCUT2D eigenvalue weighted by Crippen LogP contribution is -2.12. The van der Waals surface area contributed by atoms with E-state index in [1.807, 2.05) is 0 Å². The van der Waals surface area contributed by atoms with Crippen LogP contribution < -0.4 is 4.74 Å². The zero-order valence-electron chi connectivity index (χ0n) is 14.1. The van der Waals surface area contributed by atoms with Crippen LogP contribution in [0.1, 0.15) is 17.4 Å². The van der Waals surface area contributed by atoms with E-state index in [1.165, 1.54) is 17.7 Å². The largest absolute Gasteiger partial charge is 0.497 e. The van der Waals surface area contributed by atoms with Gasteiger partial charge in [-0.05, 0) is 37.3 Å². The third kappa shape index (κ3) is 2.97. The maximum atomic E-state index is 13.8. The lowest BCUT2D eigenvalue weighted by Gasteiger charge is -2.11. The van der Waals surface area contributed by atoms with Crippen molar-refractivity contribution in [3.8, 4) is 11.4 Å². The summed E-state index contributed by atoms with van der Waals surface area (Å²) in [7, 11) is 1.50. The molecule has 0 aliphatic heterocycles. The molecule has 0 aliphatic carbocycles. The monoisotopic (exact) mass is 358 g/mol. The smallest absolute Gasteiger partial charge is 0.355 e. The molecule has 1 heterocycles. The molecule has 0 N–H and O–H groups in total. The average molecular weight is 358 g/mol. The zero-order valence-corrected chi connectivity index (χ0v) is 14.1. The van der Waals surface area contributed by atoms with Crippen molar-refractivity contribution in [2.75, 3.05) is 13.7 Å². The lowest BCUT2D eigenvalue weighted by atomic mass is 10.2. The van der Waals surface area contributed by atoms with E-state index in [4.69, 9.17) is 9.47 Å². The molecule has 0 atom stereocenters. The summed E-state index contributed by atoms with van der Waals surface area (Å²) in [6, 6.07) is 9.59. The van der Waals surface area contributed by atoms with Gasteiger partial charge < -0.3 is 9.47 Å². The number of halogens is 1. The predicted octanol–water partition coefficient (Wildman–Crippen LogP) is 3.86. The quantitative estimate of drug-likeness (QED) is 0.393. The molecule has 0 radical (unpaired) electrons. The molecule has 2 aromatic carbocycles. The Labute approximate surface area is 147 Å². The highest BCUT2D eigenvalue weighted by Gasteiger charge is 2.24. The predicted molar refractivity (Wildman–Crippen MR) is 92.4 cm³/mol. The van der Waals surface area contributed by atoms with Crippen molar-refractivity contribution < 1.29 is 23.6 Å². The van der Waals surface area contributed by atoms with E-state index in [1.54, 1.807) is 25.1 Å². The second-order valence-electron chi connectivity index (χ2n) is 5.40. The fraction of sp³-hybridized carbons (Fsp3) is 0.167. The molecule has 0 spiro atoms. The van der Waals surface area contributed by atoms with Gasteiger partial charge in [-0.2, -0.15) is 0 Å². The van der Waals surface area contributed by atoms with Crippen LogP contribution in [0.5, 0.6) is 5.75 Å². The van der Waals surface area contributed by atoms with E-state index in [9.17, 15) is 19.3 Å². The Balaban J connectivity index is 2.37. The van der Waals surface area contributed by atoms with Crippen LogP contribution in [0.25, 0.3) is 16.6 Å². The molecule has 7 nitrogen and oxygen atoms in total. The van der Waals surface area contributed by atoms with Gasteiger partial charge in [-0.1, -0.05) is 0 Å². The normalized spacial score (nSPS) is 10.7. The number of benzene rings is 2. The van der Waals surface area contributed by atoms with E-state index < -0.39 is 16.7 Å². The molecule has 1 aromatic heterocycles. The van der Waals surface area contributed by atoms with Gasteiger partial charge >= 0.3 is 5.97 Å². The molecular formula is C18H15FN2O5. The number of aromatic nitrogens is 1. The number of hydrogen-bond donors (Lipinski definition) is 0. The van der Waals surface area contributed by atoms with Crippen LogP contribution in [0.15, 0.2) is 42.5 Å². The molecule has 8 heteroatoms. The molecule has 134 valence electrons. The maximum Gasteiger partial charge on any atom is 0.355 e. The number of carbonyl (C=O) groups is 1. The van der Waals surface area contributed by atoms with Crippen molar-refractivity contribution in [2.45, 2.75) is 6.92 Å². The molecule has 3 rings (SSSR count). The summed E-state index contributed by atoms with van der Waals surface area (Å²) in [5.41, 5.74) is 0.162. The van der Waals surface area contributed by atoms with Gasteiger partial charge in [-0.3, -0.25) is 14.7 Å². The van der Waals surface area contributed by atoms with Gasteiger partial charge in [0.2, 0.25) is 0 Å². The Bertz CT molecular complexity index is 1010. The maximum absolute atomic E-state index is 13.8. The SMILES string of the molecule is CCOC(=O)c1cc2cc(OC)ccc2n1-c1cc(F)ccc1[N+](=O)[O-]. The molecule has 3 aromatic rings. The summed E-state index contributed by atoms with van der Waals surface area (Å²) >= 11 is 0. The zero-order chi connectivity index (χ0) is 18.8. The van der Waals surface area contributed by atoms with Gasteiger partial charge in [-0.15, -0.1) is 0 Å². The number of ether oxygens (including phenoxy) is 2. The van der Waals surface area contributed by atoms with Crippen molar-refractivity contribution in [1.29, 1.82) is 0 Å². The second-order valence-corrected chi connectivity index (χ2v) is 5.40. The molecule has 0 unspecified atom stereocenters. The first kappa shape index (κ1) is 17.4. The molecule has 0 saturated heterocycles. The molecule has 26 heavy (non-hydrogen) atoms. The Kier molecular flexibility index (Phi) is 4.57. The van der Waals surface area contributed by atoms with Crippen LogP contribution in [0.4, 0.5) is 10.1 Å². The Morgan fingerprint density at radius 1 is 1.23 bits per heavy atom. The lowest BCUT2D eigenvalue weighted by molar-refractivity contribution is -0.384. The number of nitro benzene ring substituents is 1. The highest BCUT2D eigenvalue weighted by molar-refractivity contribution is 5.98. The van der Waals surface area contributed by atoms with E-state index in [-0.39, 0.29) is 23.7 Å². The number of esters is 1. The van der Waals surface area contributed by atoms with Crippen LogP contribution in [0, 0.1) is 15.9 Å². The van der Waals surface area contributed by atoms with Crippen molar-refractivity contribution in [3.63, 3.8) is 0 Å². The number of rotatable bonds is 5. The van der Waals surface area contributed by atoms with Crippen LogP contribution in [-0.2, 0) is 4.74 Å². The van der Waals surface area contributed by atoms with Crippen molar-refractivity contribution in [2.24, 2.45) is 0 Å². The fourth-order valence-corrected chi connectivity index (χ4v) is 2.77. The molecule has 0 fully saturated rings. The van der Waals surface area contributed by atoms with Crippen LogP contribution in [0.2, 0.25) is 0 Å². The summed E-state index contributed by atoms with van der Waals surface area (Å²) in [6.45, 7) is 1.79. The Morgan fingerprint density at radius 2 is 2.00 bits per heavy atom. The molecule has 0 bridgehead atoms. The second kappa shape index (κ2) is 6.83. The number of hydrogen-bond acceptors (Lipinski definition) is 5. The number of fused-ring (bicyclic) bond motifs is 1. The summed E-state index contributed by atoms with van der Waals surface area (Å²) in [6.07, 6.45) is 0. The van der Waals surface area contributed by atoms with Crippen LogP contribution in [0.3, 0.4) is 0 Å². The number of carbonyl (C=O) groups excluding carboxylic acids is 1. The first-order valence-corrected chi connectivity index (χ1v) is 7.77. The highest BCUT2D eigenvalue weighted by atomic mass is 19.1. The number of nitrogens with zero attached hydrogens (tertiary/aromatic N) is 2. The molecule has 0 saturated carbocycles. The van der Waals surface area contributed by atoms with Gasteiger partial charge in [0, 0.05) is 17.5 Å². The van der Waals surface area contributed by atoms with Crippen molar-refractivity contribution in [3.05, 3.63) is 64.1 Å². The minimum atomic E-state index is -0.666. The molecule has 0 amide bonds. The van der Waals surface area contributed by atoms with Gasteiger partial charge in [0.25, 0.3) is 5.69 Å². The van der Waals surface area contributed by atoms with Crippen molar-refractivity contribution >= 4 is 22.6 Å². The Morgan fingerprint density at radius 3 is 2.65 bits per heavy atom. The molecular weight excluding hydrogens is 343 g/mol. The van der Waals surface area contributed by atoms with E-state index >= 15 is 0 Å². The van der Waals surface area contributed by atoms with Crippen molar-refractivity contribution in [1.82, 2.24) is 4.57 Å². The summed E-state index contributed by atoms with van der Waals surface area (Å²) in [5.74, 6) is -0.768. The first-order valence-electron chi connectivity index (χ1n) is 7.77. The van der Waals surface area contributed by atoms with Gasteiger partial charge in [-0.25, -0.2) is 9.18 Å². The molecule has 0 aliphatic rings. The van der Waals surface area contributed by atoms with E-state index in [2.05, 4.69) is 0 Å². The Hall–Kier alpha value is -3.42. The third-order valence-electron chi connectivity index (χ3n) is 3.87. The summed E-state index contributed by atoms with van der Waals surface area (Å²) < 4.78 is 25.4. The topological polar surface area (TPSA) is 83.6 Å². The standard InChI is InChI=1S/C18H15FN2O5/c1-3-26-18(22)17-9-11-8-13(25-2)5-7-14(11)20(17)16-10-12(19)4-6-15(16)21(23)24/h4-10H,3H2,1-2H3. The van der Waals surface area contributed by atoms with Crippen LogP contribution in [-0.4, -0.2) is 29.2 Å². The average Bonchev–Trinajstić information content (AvgIpc) is 3.00. The third-order valence-corrected chi connectivity index (χ3v) is 3.87. The summed E-state index contributed by atoms with van der Waals surface area (Å²) in [4.78, 5) is 23.2. The number of methoxy groups -OCH3 is 1. The van der Waals surface area contributed by atoms with Crippen LogP contribution >= 0.6 is 0 Å². The van der Waals surface area contributed by atoms with E-state index in [0.717, 1.165) is 18.2 Å². The number of nitro groups is 1. The minimum Gasteiger partial charge on any atom is -0.497 e. The summed E-state index contributed by atoms with van der Waals surface area (Å²) in [5, 5.41) is 12.0. The first-order chi connectivity index (χ1) is 12.5. The van der Waals surface area contributed by atoms with Gasteiger partial charge in [0.05, 0.1) is 24.2 Å². The minimum absolute atomic E-state index is 0.0572. The van der Waals surface area contributed by atoms with Gasteiger partial charge in [0.1, 0.15) is 22.9 Å².